The highest BCUT2D eigenvalue weighted by molar-refractivity contribution is 6.32. The number of aliphatic carboxylic acids is 1. The van der Waals surface area contributed by atoms with Crippen LogP contribution in [0.15, 0.2) is 36.7 Å². The maximum Gasteiger partial charge on any atom is 0.330 e. The fourth-order valence-corrected chi connectivity index (χ4v) is 2.31. The minimum Gasteiger partial charge on any atom is -0.495 e. The summed E-state index contributed by atoms with van der Waals surface area (Å²) in [5.41, 5.74) is 0.351. The van der Waals surface area contributed by atoms with Gasteiger partial charge in [-0.3, -0.25) is 9.48 Å². The van der Waals surface area contributed by atoms with Crippen LogP contribution in [0.4, 0.5) is 0 Å². The van der Waals surface area contributed by atoms with Crippen LogP contribution in [0.2, 0.25) is 5.02 Å². The van der Waals surface area contributed by atoms with Gasteiger partial charge in [-0.25, -0.2) is 4.79 Å². The summed E-state index contributed by atoms with van der Waals surface area (Å²) in [7, 11) is 1.46. The predicted molar refractivity (Wildman–Crippen MR) is 83.5 cm³/mol. The number of carbonyl (C=O) groups excluding carboxylic acids is 1. The predicted octanol–water partition coefficient (Wildman–Crippen LogP) is 2.05. The first-order valence-corrected chi connectivity index (χ1v) is 7.17. The van der Waals surface area contributed by atoms with Crippen LogP contribution in [-0.4, -0.2) is 33.9 Å². The van der Waals surface area contributed by atoms with Gasteiger partial charge in [0.05, 0.1) is 12.1 Å². The minimum absolute atomic E-state index is 0.269. The van der Waals surface area contributed by atoms with Crippen molar-refractivity contribution in [3.05, 3.63) is 47.2 Å². The van der Waals surface area contributed by atoms with Gasteiger partial charge in [0.25, 0.3) is 0 Å². The Bertz CT molecular complexity index is 703. The molecule has 2 atom stereocenters. The average molecular weight is 338 g/mol. The Balaban J connectivity index is 2.20. The fraction of sp³-hybridized carbons (Fsp3) is 0.267. The van der Waals surface area contributed by atoms with Gasteiger partial charge in [0.15, 0.2) is 6.04 Å². The zero-order valence-electron chi connectivity index (χ0n) is 12.6. The van der Waals surface area contributed by atoms with Gasteiger partial charge in [-0.1, -0.05) is 17.7 Å². The highest BCUT2D eigenvalue weighted by atomic mass is 35.5. The number of halogens is 1. The van der Waals surface area contributed by atoms with Crippen LogP contribution in [0.5, 0.6) is 5.75 Å². The molecule has 1 aromatic carbocycles. The highest BCUT2D eigenvalue weighted by Gasteiger charge is 2.26. The van der Waals surface area contributed by atoms with Crippen LogP contribution < -0.4 is 10.1 Å². The number of methoxy groups -OCH3 is 1. The molecule has 8 heteroatoms. The first-order chi connectivity index (χ1) is 10.9. The number of amides is 1. The number of carboxylic acid groups (broad SMARTS) is 1. The van der Waals surface area contributed by atoms with Crippen molar-refractivity contribution in [2.45, 2.75) is 19.0 Å². The third-order valence-corrected chi connectivity index (χ3v) is 3.64. The molecule has 0 saturated heterocycles. The molecule has 0 fully saturated rings. The zero-order chi connectivity index (χ0) is 17.0. The van der Waals surface area contributed by atoms with E-state index < -0.39 is 24.0 Å². The van der Waals surface area contributed by atoms with Gasteiger partial charge in [0.2, 0.25) is 5.91 Å². The van der Waals surface area contributed by atoms with Gasteiger partial charge in [-0.2, -0.15) is 5.10 Å². The second-order valence-electron chi connectivity index (χ2n) is 4.84. The Morgan fingerprint density at radius 1 is 1.43 bits per heavy atom. The molecule has 23 heavy (non-hydrogen) atoms. The molecule has 2 N–H and O–H groups in total. The number of rotatable bonds is 6. The zero-order valence-corrected chi connectivity index (χ0v) is 13.3. The van der Waals surface area contributed by atoms with Gasteiger partial charge in [0, 0.05) is 12.4 Å². The topological polar surface area (TPSA) is 93.5 Å². The number of aromatic nitrogens is 2. The number of ether oxygens (including phenoxy) is 1. The van der Waals surface area contributed by atoms with E-state index in [2.05, 4.69) is 10.4 Å². The van der Waals surface area contributed by atoms with Gasteiger partial charge < -0.3 is 15.2 Å². The first-order valence-electron chi connectivity index (χ1n) is 6.79. The molecule has 1 aromatic heterocycles. The summed E-state index contributed by atoms with van der Waals surface area (Å²) in [4.78, 5) is 23.7. The van der Waals surface area contributed by atoms with Crippen molar-refractivity contribution in [1.82, 2.24) is 15.1 Å². The molecule has 2 rings (SSSR count). The molecule has 0 bridgehead atoms. The van der Waals surface area contributed by atoms with E-state index in [1.807, 2.05) is 0 Å². The maximum absolute atomic E-state index is 12.2. The van der Waals surface area contributed by atoms with E-state index in [1.165, 1.54) is 17.9 Å². The van der Waals surface area contributed by atoms with Gasteiger partial charge >= 0.3 is 5.97 Å². The SMILES string of the molecule is COc1ccc(C(NC(=O)C(C)n2cccn2)C(=O)O)cc1Cl. The summed E-state index contributed by atoms with van der Waals surface area (Å²) in [5, 5.41) is 16.1. The number of nitrogens with one attached hydrogen (secondary N) is 1. The number of benzene rings is 1. The fourth-order valence-electron chi connectivity index (χ4n) is 2.04. The summed E-state index contributed by atoms with van der Waals surface area (Å²) >= 11 is 6.01. The molecule has 0 saturated carbocycles. The Labute approximate surface area is 137 Å². The van der Waals surface area contributed by atoms with Crippen LogP contribution >= 0.6 is 11.6 Å². The summed E-state index contributed by atoms with van der Waals surface area (Å²) in [6, 6.07) is 4.38. The number of hydrogen-bond acceptors (Lipinski definition) is 4. The quantitative estimate of drug-likeness (QED) is 0.841. The average Bonchev–Trinajstić information content (AvgIpc) is 3.05. The molecule has 1 heterocycles. The number of hydrogen-bond donors (Lipinski definition) is 2. The molecule has 1 amide bonds. The van der Waals surface area contributed by atoms with Gasteiger partial charge in [-0.15, -0.1) is 0 Å². The molecular formula is C15H16ClN3O4. The second-order valence-corrected chi connectivity index (χ2v) is 5.24. The summed E-state index contributed by atoms with van der Waals surface area (Å²) in [5.74, 6) is -1.23. The van der Waals surface area contributed by atoms with E-state index in [0.29, 0.717) is 11.3 Å². The first kappa shape index (κ1) is 16.8. The lowest BCUT2D eigenvalue weighted by atomic mass is 10.1. The Morgan fingerprint density at radius 2 is 2.17 bits per heavy atom. The lowest BCUT2D eigenvalue weighted by Crippen LogP contribution is -2.38. The normalized spacial score (nSPS) is 13.2. The molecule has 2 unspecified atom stereocenters. The van der Waals surface area contributed by atoms with E-state index in [-0.39, 0.29) is 5.02 Å². The van der Waals surface area contributed by atoms with E-state index in [0.717, 1.165) is 0 Å². The van der Waals surface area contributed by atoms with E-state index >= 15 is 0 Å². The van der Waals surface area contributed by atoms with Crippen LogP contribution in [0, 0.1) is 0 Å². The van der Waals surface area contributed by atoms with Gasteiger partial charge in [0.1, 0.15) is 11.8 Å². The molecule has 0 radical (unpaired) electrons. The van der Waals surface area contributed by atoms with Crippen molar-refractivity contribution in [3.8, 4) is 5.75 Å². The molecule has 0 aliphatic rings. The Kier molecular flexibility index (Phi) is 5.23. The summed E-state index contributed by atoms with van der Waals surface area (Å²) < 4.78 is 6.47. The van der Waals surface area contributed by atoms with Crippen LogP contribution in [-0.2, 0) is 9.59 Å². The third-order valence-electron chi connectivity index (χ3n) is 3.34. The highest BCUT2D eigenvalue weighted by Crippen LogP contribution is 2.28. The Hall–Kier alpha value is -2.54. The molecule has 0 spiro atoms. The van der Waals surface area contributed by atoms with Crippen molar-refractivity contribution in [2.75, 3.05) is 7.11 Å². The summed E-state index contributed by atoms with van der Waals surface area (Å²) in [6.07, 6.45) is 3.17. The second kappa shape index (κ2) is 7.15. The maximum atomic E-state index is 12.2. The van der Waals surface area contributed by atoms with Crippen molar-refractivity contribution in [1.29, 1.82) is 0 Å². The minimum atomic E-state index is -1.22. The number of carboxylic acids is 1. The van der Waals surface area contributed by atoms with Crippen molar-refractivity contribution in [2.24, 2.45) is 0 Å². The van der Waals surface area contributed by atoms with Crippen LogP contribution in [0.25, 0.3) is 0 Å². The summed E-state index contributed by atoms with van der Waals surface area (Å²) in [6.45, 7) is 1.63. The lowest BCUT2D eigenvalue weighted by Gasteiger charge is -2.19. The molecule has 122 valence electrons. The lowest BCUT2D eigenvalue weighted by molar-refractivity contribution is -0.142. The largest absolute Gasteiger partial charge is 0.495 e. The third kappa shape index (κ3) is 3.81. The van der Waals surface area contributed by atoms with E-state index in [4.69, 9.17) is 16.3 Å². The smallest absolute Gasteiger partial charge is 0.330 e. The van der Waals surface area contributed by atoms with Crippen molar-refractivity contribution in [3.63, 3.8) is 0 Å². The van der Waals surface area contributed by atoms with E-state index in [9.17, 15) is 14.7 Å². The van der Waals surface area contributed by atoms with Crippen LogP contribution in [0.3, 0.4) is 0 Å². The van der Waals surface area contributed by atoms with Gasteiger partial charge in [-0.05, 0) is 30.7 Å². The molecule has 0 aliphatic carbocycles. The van der Waals surface area contributed by atoms with Crippen LogP contribution in [0.1, 0.15) is 24.6 Å². The monoisotopic (exact) mass is 337 g/mol. The molecule has 0 aliphatic heterocycles. The standard InChI is InChI=1S/C15H16ClN3O4/c1-9(19-7-3-6-17-19)14(20)18-13(15(21)22)10-4-5-12(23-2)11(16)8-10/h3-9,13H,1-2H3,(H,18,20)(H,21,22). The van der Waals surface area contributed by atoms with Crippen molar-refractivity contribution >= 4 is 23.5 Å². The van der Waals surface area contributed by atoms with Crippen molar-refractivity contribution < 1.29 is 19.4 Å². The Morgan fingerprint density at radius 3 is 2.70 bits per heavy atom. The molecular weight excluding hydrogens is 322 g/mol. The number of nitrogens with zero attached hydrogens (tertiary/aromatic N) is 2. The molecule has 2 aromatic rings. The molecule has 7 nitrogen and oxygen atoms in total. The number of carbonyl (C=O) groups is 2. The van der Waals surface area contributed by atoms with E-state index in [1.54, 1.807) is 37.5 Å².